The van der Waals surface area contributed by atoms with E-state index >= 15 is 0 Å². The summed E-state index contributed by atoms with van der Waals surface area (Å²) in [6, 6.07) is 7.86. The number of hydrogen-bond acceptors (Lipinski definition) is 5. The van der Waals surface area contributed by atoms with Crippen LogP contribution < -0.4 is 4.72 Å². The molecule has 1 aromatic carbocycles. The van der Waals surface area contributed by atoms with Crippen LogP contribution in [0.4, 0.5) is 0 Å². The van der Waals surface area contributed by atoms with Crippen molar-refractivity contribution in [1.29, 1.82) is 0 Å². The van der Waals surface area contributed by atoms with Crippen LogP contribution >= 0.6 is 0 Å². The van der Waals surface area contributed by atoms with Crippen molar-refractivity contribution in [3.8, 4) is 0 Å². The molecule has 30 heavy (non-hydrogen) atoms. The maximum atomic E-state index is 12.7. The monoisotopic (exact) mass is 429 g/mol. The molecule has 0 unspecified atom stereocenters. The normalized spacial score (nSPS) is 15.9. The zero-order valence-electron chi connectivity index (χ0n) is 17.6. The summed E-state index contributed by atoms with van der Waals surface area (Å²) >= 11 is 0. The number of sulfonamides is 1. The first-order chi connectivity index (χ1) is 14.2. The van der Waals surface area contributed by atoms with Crippen molar-refractivity contribution in [3.05, 3.63) is 41.2 Å². The van der Waals surface area contributed by atoms with Gasteiger partial charge >= 0.3 is 0 Å². The number of benzene rings is 1. The topological polar surface area (TPSA) is 96.7 Å². The molecule has 160 valence electrons. The Balaban J connectivity index is 1.45. The average molecular weight is 430 g/mol. The molecule has 1 N–H and O–H groups in total. The standard InChI is InChI=1S/C21H27N5O3S/c1-14-17(15(2)26-21(22-14)18-6-4-5-7-19(18)23-26)8-9-20(27)25-12-10-16(11-13-25)24-30(3,28)29/h4-7,16,24H,8-13H2,1-3H3. The summed E-state index contributed by atoms with van der Waals surface area (Å²) < 4.78 is 27.3. The molecule has 1 aliphatic rings. The predicted molar refractivity (Wildman–Crippen MR) is 116 cm³/mol. The van der Waals surface area contributed by atoms with E-state index in [9.17, 15) is 13.2 Å². The third kappa shape index (κ3) is 4.17. The molecule has 4 rings (SSSR count). The summed E-state index contributed by atoms with van der Waals surface area (Å²) in [4.78, 5) is 19.3. The van der Waals surface area contributed by atoms with E-state index < -0.39 is 10.0 Å². The van der Waals surface area contributed by atoms with Crippen LogP contribution in [0.15, 0.2) is 24.3 Å². The molecule has 1 aliphatic heterocycles. The maximum Gasteiger partial charge on any atom is 0.222 e. The Labute approximate surface area is 176 Å². The first kappa shape index (κ1) is 20.7. The lowest BCUT2D eigenvalue weighted by atomic mass is 10.0. The largest absolute Gasteiger partial charge is 0.343 e. The Morgan fingerprint density at radius 2 is 1.90 bits per heavy atom. The van der Waals surface area contributed by atoms with Crippen LogP contribution in [0.2, 0.25) is 0 Å². The molecule has 0 atom stereocenters. The summed E-state index contributed by atoms with van der Waals surface area (Å²) in [5, 5.41) is 5.70. The minimum Gasteiger partial charge on any atom is -0.343 e. The van der Waals surface area contributed by atoms with Gasteiger partial charge in [-0.1, -0.05) is 12.1 Å². The van der Waals surface area contributed by atoms with E-state index in [1.807, 2.05) is 47.5 Å². The molecular formula is C21H27N5O3S. The molecule has 0 spiro atoms. The fourth-order valence-corrected chi connectivity index (χ4v) is 5.12. The van der Waals surface area contributed by atoms with Crippen LogP contribution in [0.5, 0.6) is 0 Å². The van der Waals surface area contributed by atoms with Crippen LogP contribution in [0.25, 0.3) is 16.6 Å². The molecule has 0 bridgehead atoms. The number of fused-ring (bicyclic) bond motifs is 3. The minimum absolute atomic E-state index is 0.0888. The Hall–Kier alpha value is -2.52. The van der Waals surface area contributed by atoms with Crippen molar-refractivity contribution in [1.82, 2.24) is 24.2 Å². The van der Waals surface area contributed by atoms with Crippen LogP contribution in [0.1, 0.15) is 36.2 Å². The number of aryl methyl sites for hydroxylation is 2. The third-order valence-electron chi connectivity index (χ3n) is 5.84. The smallest absolute Gasteiger partial charge is 0.222 e. The fourth-order valence-electron chi connectivity index (χ4n) is 4.28. The van der Waals surface area contributed by atoms with Gasteiger partial charge < -0.3 is 4.90 Å². The number of piperidine rings is 1. The van der Waals surface area contributed by atoms with Gasteiger partial charge in [-0.25, -0.2) is 22.6 Å². The average Bonchev–Trinajstić information content (AvgIpc) is 3.06. The SMILES string of the molecule is Cc1nc2c3ccccc3nn2c(C)c1CCC(=O)N1CCC(NS(C)(=O)=O)CC1. The third-order valence-corrected chi connectivity index (χ3v) is 6.60. The van der Waals surface area contributed by atoms with Gasteiger partial charge in [0.1, 0.15) is 0 Å². The Bertz CT molecular complexity index is 1210. The second-order valence-electron chi connectivity index (χ2n) is 8.06. The number of carbonyl (C=O) groups is 1. The molecule has 2 aromatic heterocycles. The number of aromatic nitrogens is 3. The van der Waals surface area contributed by atoms with Crippen molar-refractivity contribution in [2.75, 3.05) is 19.3 Å². The molecule has 1 amide bonds. The molecular weight excluding hydrogens is 402 g/mol. The van der Waals surface area contributed by atoms with Crippen molar-refractivity contribution < 1.29 is 13.2 Å². The van der Waals surface area contributed by atoms with Crippen molar-refractivity contribution in [2.45, 2.75) is 45.6 Å². The number of hydrogen-bond donors (Lipinski definition) is 1. The Morgan fingerprint density at radius 1 is 1.20 bits per heavy atom. The molecule has 8 nitrogen and oxygen atoms in total. The first-order valence-electron chi connectivity index (χ1n) is 10.2. The number of likely N-dealkylation sites (tertiary alicyclic amines) is 1. The van der Waals surface area contributed by atoms with Crippen LogP contribution in [0, 0.1) is 13.8 Å². The lowest BCUT2D eigenvalue weighted by molar-refractivity contribution is -0.132. The number of nitrogens with zero attached hydrogens (tertiary/aromatic N) is 4. The predicted octanol–water partition coefficient (Wildman–Crippen LogP) is 1.97. The molecule has 0 saturated carbocycles. The zero-order valence-corrected chi connectivity index (χ0v) is 18.4. The van der Waals surface area contributed by atoms with Gasteiger partial charge in [0, 0.05) is 42.3 Å². The maximum absolute atomic E-state index is 12.7. The highest BCUT2D eigenvalue weighted by Crippen LogP contribution is 2.23. The van der Waals surface area contributed by atoms with Gasteiger partial charge in [0.15, 0.2) is 5.65 Å². The van der Waals surface area contributed by atoms with Gasteiger partial charge in [-0.2, -0.15) is 5.10 Å². The summed E-state index contributed by atoms with van der Waals surface area (Å²) in [7, 11) is -3.21. The van der Waals surface area contributed by atoms with E-state index in [0.29, 0.717) is 38.8 Å². The molecule has 1 saturated heterocycles. The molecule has 0 radical (unpaired) electrons. The van der Waals surface area contributed by atoms with E-state index in [-0.39, 0.29) is 11.9 Å². The zero-order chi connectivity index (χ0) is 21.5. The van der Waals surface area contributed by atoms with Crippen molar-refractivity contribution >= 4 is 32.5 Å². The number of rotatable bonds is 5. The summed E-state index contributed by atoms with van der Waals surface area (Å²) in [5.41, 5.74) is 4.74. The van der Waals surface area contributed by atoms with Crippen molar-refractivity contribution in [2.24, 2.45) is 0 Å². The number of amides is 1. The number of nitrogens with one attached hydrogen (secondary N) is 1. The fraction of sp³-hybridized carbons (Fsp3) is 0.476. The van der Waals surface area contributed by atoms with E-state index in [1.54, 1.807) is 0 Å². The molecule has 3 heterocycles. The lowest BCUT2D eigenvalue weighted by Crippen LogP contribution is -2.46. The lowest BCUT2D eigenvalue weighted by Gasteiger charge is -2.32. The molecule has 0 aliphatic carbocycles. The van der Waals surface area contributed by atoms with E-state index in [4.69, 9.17) is 4.98 Å². The first-order valence-corrected chi connectivity index (χ1v) is 12.1. The minimum atomic E-state index is -3.21. The van der Waals surface area contributed by atoms with Gasteiger partial charge in [0.25, 0.3) is 0 Å². The van der Waals surface area contributed by atoms with Crippen LogP contribution in [-0.2, 0) is 21.2 Å². The second-order valence-corrected chi connectivity index (χ2v) is 9.84. The van der Waals surface area contributed by atoms with Gasteiger partial charge in [-0.05, 0) is 50.8 Å². The molecule has 9 heteroatoms. The highest BCUT2D eigenvalue weighted by molar-refractivity contribution is 7.88. The Kier molecular flexibility index (Phi) is 5.50. The van der Waals surface area contributed by atoms with Crippen molar-refractivity contribution in [3.63, 3.8) is 0 Å². The Morgan fingerprint density at radius 3 is 2.60 bits per heavy atom. The van der Waals surface area contributed by atoms with E-state index in [2.05, 4.69) is 9.82 Å². The number of carbonyl (C=O) groups excluding carboxylic acids is 1. The molecule has 1 fully saturated rings. The van der Waals surface area contributed by atoms with Gasteiger partial charge in [0.2, 0.25) is 15.9 Å². The van der Waals surface area contributed by atoms with Gasteiger partial charge in [-0.15, -0.1) is 0 Å². The van der Waals surface area contributed by atoms with E-state index in [1.165, 1.54) is 6.26 Å². The highest BCUT2D eigenvalue weighted by atomic mass is 32.2. The summed E-state index contributed by atoms with van der Waals surface area (Å²) in [5.74, 6) is 0.0947. The highest BCUT2D eigenvalue weighted by Gasteiger charge is 2.25. The summed E-state index contributed by atoms with van der Waals surface area (Å²) in [6.45, 7) is 5.16. The summed E-state index contributed by atoms with van der Waals surface area (Å²) in [6.07, 6.45) is 3.47. The van der Waals surface area contributed by atoms with Crippen LogP contribution in [0.3, 0.4) is 0 Å². The molecule has 3 aromatic rings. The van der Waals surface area contributed by atoms with Crippen LogP contribution in [-0.4, -0.2) is 59.2 Å². The van der Waals surface area contributed by atoms with Gasteiger partial charge in [-0.3, -0.25) is 4.79 Å². The quantitative estimate of drug-likeness (QED) is 0.669. The van der Waals surface area contributed by atoms with Gasteiger partial charge in [0.05, 0.1) is 11.8 Å². The van der Waals surface area contributed by atoms with E-state index in [0.717, 1.165) is 33.5 Å². The second kappa shape index (κ2) is 7.96.